The zero-order chi connectivity index (χ0) is 19.9. The van der Waals surface area contributed by atoms with E-state index in [4.69, 9.17) is 17.0 Å². The van der Waals surface area contributed by atoms with Crippen LogP contribution < -0.4 is 25.6 Å². The first-order valence-electron chi connectivity index (χ1n) is 8.92. The van der Waals surface area contributed by atoms with Gasteiger partial charge >= 0.3 is 0 Å². The Hall–Kier alpha value is -1.91. The average molecular weight is 415 g/mol. The number of nitrogens with one attached hydrogen (secondary N) is 4. The molecule has 1 aromatic carbocycles. The lowest BCUT2D eigenvalue weighted by Gasteiger charge is -2.14. The van der Waals surface area contributed by atoms with Gasteiger partial charge in [0.05, 0.1) is 7.11 Å². The minimum absolute atomic E-state index is 0.0463. The Bertz CT molecular complexity index is 779. The van der Waals surface area contributed by atoms with Crippen LogP contribution in [0.3, 0.4) is 0 Å². The molecule has 0 bridgehead atoms. The first-order chi connectivity index (χ1) is 12.9. The fourth-order valence-corrected chi connectivity index (χ4v) is 3.97. The maximum Gasteiger partial charge on any atom is 0.269 e. The minimum Gasteiger partial charge on any atom is -0.495 e. The summed E-state index contributed by atoms with van der Waals surface area (Å²) in [6.07, 6.45) is 4.82. The van der Waals surface area contributed by atoms with Crippen molar-refractivity contribution in [2.24, 2.45) is 0 Å². The third kappa shape index (κ3) is 6.64. The number of carbonyl (C=O) groups is 1. The number of sulfonamides is 1. The number of unbranched alkanes of at least 4 members (excludes halogenated alkanes) is 2. The maximum absolute atomic E-state index is 12.5. The first kappa shape index (κ1) is 21.4. The summed E-state index contributed by atoms with van der Waals surface area (Å²) < 4.78 is 32.7. The Labute approximate surface area is 165 Å². The van der Waals surface area contributed by atoms with E-state index in [2.05, 4.69) is 27.8 Å². The molecule has 0 heterocycles. The lowest BCUT2D eigenvalue weighted by molar-refractivity contribution is 0.0943. The molecule has 8 nitrogen and oxygen atoms in total. The van der Waals surface area contributed by atoms with E-state index >= 15 is 0 Å². The third-order valence-corrected chi connectivity index (χ3v) is 5.76. The predicted molar refractivity (Wildman–Crippen MR) is 107 cm³/mol. The number of thiocarbonyl (C=S) groups is 1. The van der Waals surface area contributed by atoms with E-state index in [1.807, 2.05) is 0 Å². The van der Waals surface area contributed by atoms with Crippen LogP contribution in [0.25, 0.3) is 0 Å². The smallest absolute Gasteiger partial charge is 0.269 e. The summed E-state index contributed by atoms with van der Waals surface area (Å²) in [5, 5.41) is 3.29. The van der Waals surface area contributed by atoms with Crippen LogP contribution in [0.5, 0.6) is 5.75 Å². The lowest BCUT2D eigenvalue weighted by Crippen LogP contribution is -2.47. The molecule has 0 radical (unpaired) electrons. The van der Waals surface area contributed by atoms with Crippen molar-refractivity contribution in [2.45, 2.75) is 50.0 Å². The van der Waals surface area contributed by atoms with Gasteiger partial charge in [0.1, 0.15) is 10.6 Å². The molecule has 1 amide bonds. The van der Waals surface area contributed by atoms with Crippen LogP contribution in [0.15, 0.2) is 23.1 Å². The number of carbonyl (C=O) groups excluding carboxylic acids is 1. The zero-order valence-corrected chi connectivity index (χ0v) is 17.1. The molecule has 1 aliphatic rings. The summed E-state index contributed by atoms with van der Waals surface area (Å²) >= 11 is 5.09. The number of hydrogen-bond acceptors (Lipinski definition) is 5. The molecule has 27 heavy (non-hydrogen) atoms. The highest BCUT2D eigenvalue weighted by atomic mass is 32.2. The Kier molecular flexibility index (Phi) is 7.81. The number of rotatable bonds is 9. The van der Waals surface area contributed by atoms with Crippen molar-refractivity contribution in [2.75, 3.05) is 13.7 Å². The van der Waals surface area contributed by atoms with E-state index in [-0.39, 0.29) is 22.3 Å². The molecule has 0 spiro atoms. The van der Waals surface area contributed by atoms with Gasteiger partial charge in [0, 0.05) is 18.2 Å². The van der Waals surface area contributed by atoms with Gasteiger partial charge < -0.3 is 10.1 Å². The number of hydrazine groups is 1. The molecule has 0 saturated heterocycles. The van der Waals surface area contributed by atoms with Gasteiger partial charge in [-0.2, -0.15) is 0 Å². The van der Waals surface area contributed by atoms with Crippen molar-refractivity contribution in [3.8, 4) is 5.75 Å². The number of benzene rings is 1. The molecular weight excluding hydrogens is 388 g/mol. The molecule has 2 rings (SSSR count). The van der Waals surface area contributed by atoms with Crippen molar-refractivity contribution in [3.05, 3.63) is 23.8 Å². The number of ether oxygens (including phenoxy) is 1. The van der Waals surface area contributed by atoms with E-state index in [1.165, 1.54) is 25.3 Å². The van der Waals surface area contributed by atoms with Crippen molar-refractivity contribution < 1.29 is 17.9 Å². The Morgan fingerprint density at radius 1 is 1.26 bits per heavy atom. The van der Waals surface area contributed by atoms with Crippen molar-refractivity contribution in [3.63, 3.8) is 0 Å². The summed E-state index contributed by atoms with van der Waals surface area (Å²) in [4.78, 5) is 12.3. The van der Waals surface area contributed by atoms with E-state index in [1.54, 1.807) is 0 Å². The molecule has 1 saturated carbocycles. The van der Waals surface area contributed by atoms with Crippen molar-refractivity contribution in [1.82, 2.24) is 20.9 Å². The zero-order valence-electron chi connectivity index (χ0n) is 15.5. The highest BCUT2D eigenvalue weighted by Crippen LogP contribution is 2.28. The highest BCUT2D eigenvalue weighted by Gasteiger charge is 2.30. The molecular formula is C17H26N4O4S2. The number of amides is 1. The second-order valence-corrected chi connectivity index (χ2v) is 8.39. The van der Waals surface area contributed by atoms with Crippen LogP contribution in [-0.4, -0.2) is 39.1 Å². The van der Waals surface area contributed by atoms with Crippen molar-refractivity contribution in [1.29, 1.82) is 0 Å². The van der Waals surface area contributed by atoms with Crippen LogP contribution in [0.1, 0.15) is 49.4 Å². The third-order valence-electron chi connectivity index (χ3n) is 3.97. The fourth-order valence-electron chi connectivity index (χ4n) is 2.32. The molecule has 0 aromatic heterocycles. The van der Waals surface area contributed by atoms with Gasteiger partial charge in [-0.15, -0.1) is 0 Å². The molecule has 10 heteroatoms. The summed E-state index contributed by atoms with van der Waals surface area (Å²) in [6.45, 7) is 2.83. The Balaban J connectivity index is 1.99. The molecule has 1 fully saturated rings. The van der Waals surface area contributed by atoms with Crippen LogP contribution >= 0.6 is 12.2 Å². The van der Waals surface area contributed by atoms with Gasteiger partial charge in [-0.25, -0.2) is 13.1 Å². The van der Waals surface area contributed by atoms with E-state index in [0.717, 1.165) is 32.1 Å². The first-order valence-corrected chi connectivity index (χ1v) is 10.8. The second kappa shape index (κ2) is 9.86. The largest absolute Gasteiger partial charge is 0.495 e. The monoisotopic (exact) mass is 414 g/mol. The molecule has 1 aromatic rings. The number of methoxy groups -OCH3 is 1. The van der Waals surface area contributed by atoms with Crippen LogP contribution in [0.2, 0.25) is 0 Å². The summed E-state index contributed by atoms with van der Waals surface area (Å²) in [5.41, 5.74) is 5.25. The lowest BCUT2D eigenvalue weighted by atomic mass is 10.2. The van der Waals surface area contributed by atoms with E-state index < -0.39 is 15.9 Å². The molecule has 4 N–H and O–H groups in total. The normalized spacial score (nSPS) is 13.7. The Morgan fingerprint density at radius 2 is 2.00 bits per heavy atom. The molecule has 0 unspecified atom stereocenters. The molecule has 150 valence electrons. The van der Waals surface area contributed by atoms with Crippen LogP contribution in [-0.2, 0) is 10.0 Å². The number of hydrogen-bond donors (Lipinski definition) is 4. The molecule has 0 atom stereocenters. The minimum atomic E-state index is -3.76. The van der Waals surface area contributed by atoms with Gasteiger partial charge in [-0.05, 0) is 49.7 Å². The standard InChI is InChI=1S/C17H26N4O4S2/c1-3-4-5-10-18-17(26)20-19-16(22)12-6-9-14(25-2)15(11-12)27(23,24)21-13-7-8-13/h6,9,11,13,21H,3-5,7-8,10H2,1-2H3,(H,19,22)(H2,18,20,26). The summed E-state index contributed by atoms with van der Waals surface area (Å²) in [6, 6.07) is 4.19. The van der Waals surface area contributed by atoms with Gasteiger partial charge in [-0.1, -0.05) is 19.8 Å². The summed E-state index contributed by atoms with van der Waals surface area (Å²) in [5.74, 6) is -0.320. The SMILES string of the molecule is CCCCCNC(=S)NNC(=O)c1ccc(OC)c(S(=O)(=O)NC2CC2)c1. The predicted octanol–water partition coefficient (Wildman–Crippen LogP) is 1.44. The van der Waals surface area contributed by atoms with Crippen LogP contribution in [0, 0.1) is 0 Å². The van der Waals surface area contributed by atoms with Gasteiger partial charge in [0.15, 0.2) is 5.11 Å². The quantitative estimate of drug-likeness (QED) is 0.275. The summed E-state index contributed by atoms with van der Waals surface area (Å²) in [7, 11) is -2.37. The van der Waals surface area contributed by atoms with Crippen molar-refractivity contribution >= 4 is 33.3 Å². The topological polar surface area (TPSA) is 109 Å². The maximum atomic E-state index is 12.5. The van der Waals surface area contributed by atoms with Gasteiger partial charge in [-0.3, -0.25) is 15.6 Å². The fraction of sp³-hybridized carbons (Fsp3) is 0.529. The van der Waals surface area contributed by atoms with E-state index in [9.17, 15) is 13.2 Å². The van der Waals surface area contributed by atoms with Gasteiger partial charge in [0.25, 0.3) is 5.91 Å². The van der Waals surface area contributed by atoms with Gasteiger partial charge in [0.2, 0.25) is 10.0 Å². The average Bonchev–Trinajstić information content (AvgIpc) is 3.46. The second-order valence-electron chi connectivity index (χ2n) is 6.30. The van der Waals surface area contributed by atoms with Crippen LogP contribution in [0.4, 0.5) is 0 Å². The molecule has 1 aliphatic carbocycles. The Morgan fingerprint density at radius 3 is 2.63 bits per heavy atom. The van der Waals surface area contributed by atoms with E-state index in [0.29, 0.717) is 11.7 Å². The highest BCUT2D eigenvalue weighted by molar-refractivity contribution is 7.89. The molecule has 0 aliphatic heterocycles.